The van der Waals surface area contributed by atoms with E-state index in [0.717, 1.165) is 0 Å². The molecule has 0 aromatic carbocycles. The number of hydrogen-bond acceptors (Lipinski definition) is 4. The molecule has 1 amide bonds. The molecule has 0 radical (unpaired) electrons. The van der Waals surface area contributed by atoms with Gasteiger partial charge in [0.25, 0.3) is 5.82 Å². The number of rotatable bonds is 6. The number of nitrogens with zero attached hydrogens (tertiary/aromatic N) is 3. The molecule has 0 fully saturated rings. The van der Waals surface area contributed by atoms with Gasteiger partial charge in [-0.1, -0.05) is 0 Å². The largest absolute Gasteiger partial charge is 0.455 e. The smallest absolute Gasteiger partial charge is 0.358 e. The SMILES string of the molecule is O=C(Cn1cc([N+](=O)[O-])nc1CF)NCC(F)(F)C(F)(F)F. The van der Waals surface area contributed by atoms with Crippen molar-refractivity contribution >= 4 is 11.7 Å². The Hall–Kier alpha value is -2.34. The van der Waals surface area contributed by atoms with Crippen LogP contribution in [0.5, 0.6) is 0 Å². The highest BCUT2D eigenvalue weighted by Gasteiger charge is 2.57. The maximum Gasteiger partial charge on any atom is 0.455 e. The summed E-state index contributed by atoms with van der Waals surface area (Å²) in [6.07, 6.45) is -5.17. The van der Waals surface area contributed by atoms with Crippen LogP contribution in [-0.4, -0.2) is 39.0 Å². The minimum atomic E-state index is -5.84. The zero-order valence-corrected chi connectivity index (χ0v) is 10.5. The van der Waals surface area contributed by atoms with Crippen LogP contribution in [0.15, 0.2) is 6.20 Å². The third-order valence-electron chi connectivity index (χ3n) is 2.39. The lowest BCUT2D eigenvalue weighted by Gasteiger charge is -2.19. The molecule has 0 bridgehead atoms. The predicted molar refractivity (Wildman–Crippen MR) is 57.7 cm³/mol. The van der Waals surface area contributed by atoms with Crippen LogP contribution in [0.3, 0.4) is 0 Å². The average molecular weight is 334 g/mol. The molecule has 0 spiro atoms. The number of alkyl halides is 6. The average Bonchev–Trinajstić information content (AvgIpc) is 2.78. The summed E-state index contributed by atoms with van der Waals surface area (Å²) in [7, 11) is 0. The van der Waals surface area contributed by atoms with E-state index in [1.54, 1.807) is 0 Å². The lowest BCUT2D eigenvalue weighted by atomic mass is 10.3. The lowest BCUT2D eigenvalue weighted by Crippen LogP contribution is -2.47. The van der Waals surface area contributed by atoms with Gasteiger partial charge in [0.15, 0.2) is 6.67 Å². The predicted octanol–water partition coefficient (Wildman–Crippen LogP) is 1.57. The normalized spacial score (nSPS) is 12.3. The molecular weight excluding hydrogens is 326 g/mol. The maximum atomic E-state index is 12.6. The molecule has 0 atom stereocenters. The molecule has 0 aliphatic rings. The first-order chi connectivity index (χ1) is 9.98. The fourth-order valence-corrected chi connectivity index (χ4v) is 1.29. The Kier molecular flexibility index (Phi) is 4.98. The van der Waals surface area contributed by atoms with Gasteiger partial charge in [-0.3, -0.25) is 9.36 Å². The molecule has 0 aliphatic carbocycles. The van der Waals surface area contributed by atoms with E-state index in [2.05, 4.69) is 4.98 Å². The van der Waals surface area contributed by atoms with Crippen LogP contribution in [0.4, 0.5) is 32.2 Å². The van der Waals surface area contributed by atoms with Crippen LogP contribution < -0.4 is 5.32 Å². The van der Waals surface area contributed by atoms with E-state index < -0.39 is 54.3 Å². The molecule has 124 valence electrons. The Balaban J connectivity index is 2.72. The monoisotopic (exact) mass is 334 g/mol. The van der Waals surface area contributed by atoms with E-state index in [9.17, 15) is 41.3 Å². The summed E-state index contributed by atoms with van der Waals surface area (Å²) in [4.78, 5) is 23.9. The van der Waals surface area contributed by atoms with Crippen LogP contribution in [-0.2, 0) is 18.0 Å². The lowest BCUT2D eigenvalue weighted by molar-refractivity contribution is -0.389. The number of nitrogens with one attached hydrogen (secondary N) is 1. The zero-order chi connectivity index (χ0) is 17.1. The second-order valence-corrected chi connectivity index (χ2v) is 4.01. The minimum Gasteiger partial charge on any atom is -0.358 e. The molecule has 22 heavy (non-hydrogen) atoms. The van der Waals surface area contributed by atoms with E-state index in [4.69, 9.17) is 0 Å². The van der Waals surface area contributed by atoms with Crippen molar-refractivity contribution in [2.75, 3.05) is 6.54 Å². The number of hydrogen-bond donors (Lipinski definition) is 1. The molecule has 0 saturated heterocycles. The molecule has 7 nitrogen and oxygen atoms in total. The van der Waals surface area contributed by atoms with Crippen LogP contribution in [0.2, 0.25) is 0 Å². The van der Waals surface area contributed by atoms with Gasteiger partial charge in [0.2, 0.25) is 5.91 Å². The molecule has 1 heterocycles. The van der Waals surface area contributed by atoms with Crippen molar-refractivity contribution in [1.29, 1.82) is 0 Å². The van der Waals surface area contributed by atoms with Gasteiger partial charge in [-0.15, -0.1) is 0 Å². The first-order valence-corrected chi connectivity index (χ1v) is 5.45. The number of carbonyl (C=O) groups is 1. The molecule has 0 saturated carbocycles. The van der Waals surface area contributed by atoms with Crippen molar-refractivity contribution in [3.8, 4) is 0 Å². The Morgan fingerprint density at radius 1 is 1.36 bits per heavy atom. The summed E-state index contributed by atoms with van der Waals surface area (Å²) < 4.78 is 74.0. The first-order valence-electron chi connectivity index (χ1n) is 5.45. The second kappa shape index (κ2) is 6.19. The van der Waals surface area contributed by atoms with Crippen molar-refractivity contribution in [3.05, 3.63) is 22.1 Å². The Morgan fingerprint density at radius 2 is 1.95 bits per heavy atom. The number of imidazole rings is 1. The van der Waals surface area contributed by atoms with Gasteiger partial charge >= 0.3 is 17.9 Å². The van der Waals surface area contributed by atoms with Crippen LogP contribution in [0.1, 0.15) is 5.82 Å². The van der Waals surface area contributed by atoms with Crippen molar-refractivity contribution in [1.82, 2.24) is 14.9 Å². The fraction of sp³-hybridized carbons (Fsp3) is 0.556. The number of amides is 1. The highest BCUT2D eigenvalue weighted by Crippen LogP contribution is 2.34. The molecule has 1 N–H and O–H groups in total. The molecule has 0 aliphatic heterocycles. The number of nitro groups is 1. The molecule has 1 rings (SSSR count). The van der Waals surface area contributed by atoms with Crippen molar-refractivity contribution in [3.63, 3.8) is 0 Å². The maximum absolute atomic E-state index is 12.6. The van der Waals surface area contributed by atoms with E-state index >= 15 is 0 Å². The van der Waals surface area contributed by atoms with Crippen LogP contribution in [0.25, 0.3) is 0 Å². The number of aromatic nitrogens is 2. The summed E-state index contributed by atoms with van der Waals surface area (Å²) in [5.41, 5.74) is 0. The third-order valence-corrected chi connectivity index (χ3v) is 2.39. The summed E-state index contributed by atoms with van der Waals surface area (Å²) >= 11 is 0. The molecular formula is C9H8F6N4O3. The highest BCUT2D eigenvalue weighted by molar-refractivity contribution is 5.75. The summed E-state index contributed by atoms with van der Waals surface area (Å²) in [5, 5.41) is 11.7. The quantitative estimate of drug-likeness (QED) is 0.486. The van der Waals surface area contributed by atoms with Gasteiger partial charge < -0.3 is 15.4 Å². The van der Waals surface area contributed by atoms with Gasteiger partial charge in [-0.25, -0.2) is 4.39 Å². The Labute approximate surface area is 118 Å². The Bertz CT molecular complexity index is 570. The van der Waals surface area contributed by atoms with Crippen molar-refractivity contribution < 1.29 is 36.1 Å². The van der Waals surface area contributed by atoms with Gasteiger partial charge in [0.1, 0.15) is 12.7 Å². The van der Waals surface area contributed by atoms with E-state index in [1.165, 1.54) is 5.32 Å². The van der Waals surface area contributed by atoms with Gasteiger partial charge in [-0.05, 0) is 9.91 Å². The minimum absolute atomic E-state index is 0.538. The number of carbonyl (C=O) groups excluding carboxylic acids is 1. The second-order valence-electron chi connectivity index (χ2n) is 4.01. The first kappa shape index (κ1) is 17.7. The molecule has 1 aromatic rings. The summed E-state index contributed by atoms with van der Waals surface area (Å²) in [5.74, 6) is -7.77. The van der Waals surface area contributed by atoms with Gasteiger partial charge in [0.05, 0.1) is 6.54 Å². The standard InChI is InChI=1S/C9H8F6N4O3/c10-1-5-17-6(19(21)22)2-18(5)3-7(20)16-4-8(11,12)9(13,14)15/h2H,1,3-4H2,(H,16,20). The zero-order valence-electron chi connectivity index (χ0n) is 10.5. The summed E-state index contributed by atoms with van der Waals surface area (Å²) in [6, 6.07) is 0. The van der Waals surface area contributed by atoms with Gasteiger partial charge in [0, 0.05) is 0 Å². The fourth-order valence-electron chi connectivity index (χ4n) is 1.29. The Morgan fingerprint density at radius 3 is 2.41 bits per heavy atom. The van der Waals surface area contributed by atoms with E-state index in [1.807, 2.05) is 0 Å². The molecule has 1 aromatic heterocycles. The van der Waals surface area contributed by atoms with Crippen molar-refractivity contribution in [2.45, 2.75) is 25.3 Å². The molecule has 13 heteroatoms. The van der Waals surface area contributed by atoms with Crippen molar-refractivity contribution in [2.24, 2.45) is 0 Å². The highest BCUT2D eigenvalue weighted by atomic mass is 19.4. The van der Waals surface area contributed by atoms with Crippen LogP contribution in [0, 0.1) is 10.1 Å². The van der Waals surface area contributed by atoms with E-state index in [0.29, 0.717) is 10.8 Å². The van der Waals surface area contributed by atoms with E-state index in [-0.39, 0.29) is 0 Å². The summed E-state index contributed by atoms with van der Waals surface area (Å²) in [6.45, 7) is -4.19. The topological polar surface area (TPSA) is 90.1 Å². The third kappa shape index (κ3) is 4.08. The molecule has 0 unspecified atom stereocenters. The number of halogens is 6. The van der Waals surface area contributed by atoms with Crippen LogP contribution >= 0.6 is 0 Å². The van der Waals surface area contributed by atoms with Gasteiger partial charge in [-0.2, -0.15) is 22.0 Å².